The number of carbonyl (C=O) groups is 1. The Kier molecular flexibility index (Phi) is 11.0. The van der Waals surface area contributed by atoms with Crippen molar-refractivity contribution in [1.29, 1.82) is 0 Å². The molecule has 0 radical (unpaired) electrons. The van der Waals surface area contributed by atoms with Gasteiger partial charge in [0.25, 0.3) is 5.91 Å². The van der Waals surface area contributed by atoms with Gasteiger partial charge in [0.2, 0.25) is 6.29 Å². The number of nitrogens with one attached hydrogen (secondary N) is 1. The molecule has 2 aromatic rings. The predicted molar refractivity (Wildman–Crippen MR) is 134 cm³/mol. The van der Waals surface area contributed by atoms with Crippen LogP contribution in [0.25, 0.3) is 11.1 Å². The lowest BCUT2D eigenvalue weighted by Gasteiger charge is -2.40. The molecule has 35 heavy (non-hydrogen) atoms. The zero-order chi connectivity index (χ0) is 25.0. The molecule has 0 spiro atoms. The van der Waals surface area contributed by atoms with E-state index in [1.54, 1.807) is 13.1 Å². The summed E-state index contributed by atoms with van der Waals surface area (Å²) in [5.74, 6) is 0.464. The minimum atomic E-state index is -0.768. The van der Waals surface area contributed by atoms with E-state index >= 15 is 0 Å². The van der Waals surface area contributed by atoms with E-state index in [4.69, 9.17) is 18.9 Å². The SMILES string of the molecule is CCCCO[C@@H]1[C@@H](Oc2ccc(-c3cccc(C(=O)NC)c3)cc2)O[C@H](CF)C[C@@H]1OCCCC. The van der Waals surface area contributed by atoms with Crippen LogP contribution in [0.3, 0.4) is 0 Å². The smallest absolute Gasteiger partial charge is 0.251 e. The fourth-order valence-corrected chi connectivity index (χ4v) is 4.02. The minimum absolute atomic E-state index is 0.131. The summed E-state index contributed by atoms with van der Waals surface area (Å²) >= 11 is 0. The van der Waals surface area contributed by atoms with Gasteiger partial charge < -0.3 is 24.3 Å². The van der Waals surface area contributed by atoms with Crippen LogP contribution in [0.2, 0.25) is 0 Å². The third kappa shape index (κ3) is 7.75. The molecule has 0 saturated carbocycles. The monoisotopic (exact) mass is 487 g/mol. The molecule has 2 aromatic carbocycles. The number of halogens is 1. The number of hydrogen-bond donors (Lipinski definition) is 1. The standard InChI is InChI=1S/C28H38FNO5/c1-4-6-15-32-25-18-24(19-29)35-28(26(25)33-16-7-5-2)34-23-13-11-20(12-14-23)21-9-8-10-22(17-21)27(31)30-3/h8-14,17,24-26,28H,4-7,15-16,18-19H2,1-3H3,(H,30,31)/t24-,25-,26-,28-/m0/s1. The van der Waals surface area contributed by atoms with E-state index in [0.717, 1.165) is 36.8 Å². The van der Waals surface area contributed by atoms with Crippen LogP contribution < -0.4 is 10.1 Å². The first-order chi connectivity index (χ1) is 17.1. The summed E-state index contributed by atoms with van der Waals surface area (Å²) in [5, 5.41) is 2.64. The quantitative estimate of drug-likeness (QED) is 0.376. The van der Waals surface area contributed by atoms with Crippen molar-refractivity contribution in [2.45, 2.75) is 70.6 Å². The number of unbranched alkanes of at least 4 members (excludes halogenated alkanes) is 2. The second kappa shape index (κ2) is 14.2. The van der Waals surface area contributed by atoms with Crippen LogP contribution >= 0.6 is 0 Å². The lowest BCUT2D eigenvalue weighted by molar-refractivity contribution is -0.259. The first-order valence-electron chi connectivity index (χ1n) is 12.6. The molecular formula is C28H38FNO5. The molecule has 3 rings (SSSR count). The molecular weight excluding hydrogens is 449 g/mol. The largest absolute Gasteiger partial charge is 0.462 e. The Labute approximate surface area is 208 Å². The molecule has 1 amide bonds. The normalized spacial score (nSPS) is 22.1. The average Bonchev–Trinajstić information content (AvgIpc) is 2.90. The van der Waals surface area contributed by atoms with E-state index in [1.807, 2.05) is 42.5 Å². The maximum atomic E-state index is 13.6. The van der Waals surface area contributed by atoms with Gasteiger partial charge in [-0.3, -0.25) is 4.79 Å². The zero-order valence-corrected chi connectivity index (χ0v) is 21.0. The molecule has 4 atom stereocenters. The molecule has 6 nitrogen and oxygen atoms in total. The number of carbonyl (C=O) groups excluding carboxylic acids is 1. The third-order valence-corrected chi connectivity index (χ3v) is 6.06. The highest BCUT2D eigenvalue weighted by molar-refractivity contribution is 5.95. The summed E-state index contributed by atoms with van der Waals surface area (Å²) in [5.41, 5.74) is 2.47. The van der Waals surface area contributed by atoms with Crippen LogP contribution in [-0.2, 0) is 14.2 Å². The van der Waals surface area contributed by atoms with Gasteiger partial charge in [0, 0.05) is 32.2 Å². The van der Waals surface area contributed by atoms with Crippen molar-refractivity contribution in [3.63, 3.8) is 0 Å². The number of hydrogen-bond acceptors (Lipinski definition) is 5. The predicted octanol–water partition coefficient (Wildman–Crippen LogP) is 5.55. The maximum absolute atomic E-state index is 13.6. The summed E-state index contributed by atoms with van der Waals surface area (Å²) in [6.45, 7) is 4.78. The Balaban J connectivity index is 1.75. The summed E-state index contributed by atoms with van der Waals surface area (Å²) in [7, 11) is 1.61. The molecule has 1 aliphatic heterocycles. The second-order valence-corrected chi connectivity index (χ2v) is 8.77. The van der Waals surface area contributed by atoms with Gasteiger partial charge in [0.05, 0.1) is 12.2 Å². The van der Waals surface area contributed by atoms with Crippen molar-refractivity contribution in [3.8, 4) is 16.9 Å². The lowest BCUT2D eigenvalue weighted by atomic mass is 10.0. The Bertz CT molecular complexity index is 906. The van der Waals surface area contributed by atoms with Crippen molar-refractivity contribution in [3.05, 3.63) is 54.1 Å². The van der Waals surface area contributed by atoms with Crippen molar-refractivity contribution < 1.29 is 28.1 Å². The van der Waals surface area contributed by atoms with Gasteiger partial charge >= 0.3 is 0 Å². The zero-order valence-electron chi connectivity index (χ0n) is 21.0. The molecule has 192 valence electrons. The topological polar surface area (TPSA) is 66.0 Å². The van der Waals surface area contributed by atoms with E-state index in [-0.39, 0.29) is 12.0 Å². The van der Waals surface area contributed by atoms with Crippen LogP contribution in [0, 0.1) is 0 Å². The number of benzene rings is 2. The van der Waals surface area contributed by atoms with E-state index in [0.29, 0.717) is 30.9 Å². The van der Waals surface area contributed by atoms with Crippen LogP contribution in [0.5, 0.6) is 5.75 Å². The van der Waals surface area contributed by atoms with Crippen LogP contribution in [-0.4, -0.2) is 57.4 Å². The van der Waals surface area contributed by atoms with Crippen molar-refractivity contribution in [2.24, 2.45) is 0 Å². The van der Waals surface area contributed by atoms with Gasteiger partial charge in [0.15, 0.2) is 0 Å². The fourth-order valence-electron chi connectivity index (χ4n) is 4.02. The molecule has 0 aliphatic carbocycles. The van der Waals surface area contributed by atoms with Crippen LogP contribution in [0.15, 0.2) is 48.5 Å². The van der Waals surface area contributed by atoms with E-state index in [9.17, 15) is 9.18 Å². The van der Waals surface area contributed by atoms with Crippen molar-refractivity contribution in [2.75, 3.05) is 26.9 Å². The number of alkyl halides is 1. The summed E-state index contributed by atoms with van der Waals surface area (Å²) in [4.78, 5) is 12.0. The van der Waals surface area contributed by atoms with Crippen molar-refractivity contribution >= 4 is 5.91 Å². The highest BCUT2D eigenvalue weighted by Gasteiger charge is 2.42. The molecule has 1 saturated heterocycles. The van der Waals surface area contributed by atoms with Crippen molar-refractivity contribution in [1.82, 2.24) is 5.32 Å². The van der Waals surface area contributed by atoms with E-state index in [2.05, 4.69) is 19.2 Å². The van der Waals surface area contributed by atoms with Gasteiger partial charge in [-0.1, -0.05) is 51.0 Å². The number of rotatable bonds is 13. The lowest BCUT2D eigenvalue weighted by Crippen LogP contribution is -2.53. The molecule has 0 bridgehead atoms. The molecule has 0 unspecified atom stereocenters. The minimum Gasteiger partial charge on any atom is -0.462 e. The van der Waals surface area contributed by atoms with E-state index < -0.39 is 25.2 Å². The molecule has 1 heterocycles. The highest BCUT2D eigenvalue weighted by atomic mass is 19.1. The molecule has 0 aromatic heterocycles. The highest BCUT2D eigenvalue weighted by Crippen LogP contribution is 2.30. The van der Waals surface area contributed by atoms with Gasteiger partial charge in [-0.2, -0.15) is 0 Å². The number of amides is 1. The third-order valence-electron chi connectivity index (χ3n) is 6.06. The summed E-state index contributed by atoms with van der Waals surface area (Å²) in [6, 6.07) is 15.0. The molecule has 7 heteroatoms. The second-order valence-electron chi connectivity index (χ2n) is 8.77. The summed E-state index contributed by atoms with van der Waals surface area (Å²) < 4.78 is 38.0. The van der Waals surface area contributed by atoms with Gasteiger partial charge in [-0.15, -0.1) is 0 Å². The van der Waals surface area contributed by atoms with E-state index in [1.165, 1.54) is 0 Å². The van der Waals surface area contributed by atoms with Crippen LogP contribution in [0.1, 0.15) is 56.3 Å². The number of ether oxygens (including phenoxy) is 4. The maximum Gasteiger partial charge on any atom is 0.251 e. The first-order valence-corrected chi connectivity index (χ1v) is 12.6. The first kappa shape index (κ1) is 27.1. The van der Waals surface area contributed by atoms with Gasteiger partial charge in [0.1, 0.15) is 18.5 Å². The van der Waals surface area contributed by atoms with Crippen LogP contribution in [0.4, 0.5) is 4.39 Å². The molecule has 1 N–H and O–H groups in total. The summed E-state index contributed by atoms with van der Waals surface area (Å²) in [6.07, 6.45) is 2.24. The Hall–Kier alpha value is -2.48. The molecule has 1 aliphatic rings. The Morgan fingerprint density at radius 1 is 1.03 bits per heavy atom. The Morgan fingerprint density at radius 2 is 1.74 bits per heavy atom. The van der Waals surface area contributed by atoms with Gasteiger partial charge in [-0.05, 0) is 48.2 Å². The fraction of sp³-hybridized carbons (Fsp3) is 0.536. The van der Waals surface area contributed by atoms with Gasteiger partial charge in [-0.25, -0.2) is 4.39 Å². The average molecular weight is 488 g/mol. The Morgan fingerprint density at radius 3 is 2.40 bits per heavy atom. The molecule has 1 fully saturated rings.